The first kappa shape index (κ1) is 16.8. The van der Waals surface area contributed by atoms with E-state index in [2.05, 4.69) is 33.9 Å². The van der Waals surface area contributed by atoms with Gasteiger partial charge >= 0.3 is 0 Å². The van der Waals surface area contributed by atoms with Crippen LogP contribution in [0.2, 0.25) is 0 Å². The highest BCUT2D eigenvalue weighted by Gasteiger charge is 2.23. The van der Waals surface area contributed by atoms with Gasteiger partial charge in [0.15, 0.2) is 0 Å². The van der Waals surface area contributed by atoms with Gasteiger partial charge in [-0.3, -0.25) is 4.90 Å². The van der Waals surface area contributed by atoms with Crippen molar-refractivity contribution >= 4 is 15.9 Å². The molecule has 0 amide bonds. The summed E-state index contributed by atoms with van der Waals surface area (Å²) in [5.41, 5.74) is 7.25. The van der Waals surface area contributed by atoms with Gasteiger partial charge < -0.3 is 10.5 Å². The van der Waals surface area contributed by atoms with Crippen LogP contribution in [0.1, 0.15) is 43.7 Å². The standard InChI is InChI=1S/C17H27BrN2O/c1-20(12-13-6-4-3-5-7-13)16(11-19)15-10-14(18)8-9-17(15)21-2/h8-10,13,16H,3-7,11-12,19H2,1-2H3. The Kier molecular flexibility index (Phi) is 6.52. The summed E-state index contributed by atoms with van der Waals surface area (Å²) in [4.78, 5) is 2.40. The minimum atomic E-state index is 0.208. The zero-order chi connectivity index (χ0) is 15.2. The number of nitrogens with two attached hydrogens (primary N) is 1. The van der Waals surface area contributed by atoms with Gasteiger partial charge in [0.1, 0.15) is 5.75 Å². The van der Waals surface area contributed by atoms with Crippen molar-refractivity contribution in [3.05, 3.63) is 28.2 Å². The first-order valence-electron chi connectivity index (χ1n) is 7.89. The third-order valence-electron chi connectivity index (χ3n) is 4.58. The Balaban J connectivity index is 2.12. The summed E-state index contributed by atoms with van der Waals surface area (Å²) in [7, 11) is 3.91. The molecule has 0 heterocycles. The second kappa shape index (κ2) is 8.16. The molecule has 0 spiro atoms. The molecule has 1 aromatic rings. The molecule has 21 heavy (non-hydrogen) atoms. The molecular formula is C17H27BrN2O. The highest BCUT2D eigenvalue weighted by atomic mass is 79.9. The second-order valence-corrected chi connectivity index (χ2v) is 7.00. The Bertz CT molecular complexity index is 446. The van der Waals surface area contributed by atoms with Crippen LogP contribution in [0.15, 0.2) is 22.7 Å². The fourth-order valence-electron chi connectivity index (χ4n) is 3.41. The maximum atomic E-state index is 6.07. The molecule has 0 bridgehead atoms. The lowest BCUT2D eigenvalue weighted by atomic mass is 9.88. The van der Waals surface area contributed by atoms with Crippen LogP contribution < -0.4 is 10.5 Å². The van der Waals surface area contributed by atoms with Gasteiger partial charge in [0.05, 0.1) is 13.2 Å². The topological polar surface area (TPSA) is 38.5 Å². The number of hydrogen-bond acceptors (Lipinski definition) is 3. The zero-order valence-corrected chi connectivity index (χ0v) is 14.7. The van der Waals surface area contributed by atoms with Crippen molar-refractivity contribution in [2.45, 2.75) is 38.1 Å². The third-order valence-corrected chi connectivity index (χ3v) is 5.07. The van der Waals surface area contributed by atoms with E-state index in [4.69, 9.17) is 10.5 Å². The molecule has 2 N–H and O–H groups in total. The summed E-state index contributed by atoms with van der Waals surface area (Å²) in [5, 5.41) is 0. The van der Waals surface area contributed by atoms with E-state index in [0.29, 0.717) is 6.54 Å². The molecule has 1 atom stereocenters. The number of hydrogen-bond donors (Lipinski definition) is 1. The summed E-state index contributed by atoms with van der Waals surface area (Å²) in [5.74, 6) is 1.74. The number of methoxy groups -OCH3 is 1. The fourth-order valence-corrected chi connectivity index (χ4v) is 3.79. The van der Waals surface area contributed by atoms with E-state index in [-0.39, 0.29) is 6.04 Å². The van der Waals surface area contributed by atoms with Gasteiger partial charge in [-0.05, 0) is 44.0 Å². The van der Waals surface area contributed by atoms with E-state index in [1.807, 2.05) is 12.1 Å². The molecular weight excluding hydrogens is 328 g/mol. The molecule has 0 aromatic heterocycles. The fraction of sp³-hybridized carbons (Fsp3) is 0.647. The van der Waals surface area contributed by atoms with Crippen molar-refractivity contribution in [1.82, 2.24) is 4.90 Å². The first-order valence-corrected chi connectivity index (χ1v) is 8.68. The largest absolute Gasteiger partial charge is 0.496 e. The molecule has 1 saturated carbocycles. The van der Waals surface area contributed by atoms with E-state index in [0.717, 1.165) is 22.7 Å². The predicted molar refractivity (Wildman–Crippen MR) is 91.7 cm³/mol. The number of nitrogens with zero attached hydrogens (tertiary/aromatic N) is 1. The van der Waals surface area contributed by atoms with E-state index in [1.54, 1.807) is 7.11 Å². The highest BCUT2D eigenvalue weighted by molar-refractivity contribution is 9.10. The minimum absolute atomic E-state index is 0.208. The van der Waals surface area contributed by atoms with Gasteiger partial charge in [-0.1, -0.05) is 35.2 Å². The molecule has 3 nitrogen and oxygen atoms in total. The second-order valence-electron chi connectivity index (χ2n) is 6.08. The van der Waals surface area contributed by atoms with Crippen LogP contribution in [0.4, 0.5) is 0 Å². The summed E-state index contributed by atoms with van der Waals surface area (Å²) in [6, 6.07) is 6.36. The van der Waals surface area contributed by atoms with Crippen LogP contribution in [-0.4, -0.2) is 32.1 Å². The lowest BCUT2D eigenvalue weighted by molar-refractivity contribution is 0.183. The lowest BCUT2D eigenvalue weighted by Gasteiger charge is -2.33. The van der Waals surface area contributed by atoms with Crippen LogP contribution in [0.3, 0.4) is 0 Å². The summed E-state index contributed by atoms with van der Waals surface area (Å²) in [6.07, 6.45) is 6.88. The Hall–Kier alpha value is -0.580. The van der Waals surface area contributed by atoms with Crippen molar-refractivity contribution in [2.75, 3.05) is 27.2 Å². The maximum absolute atomic E-state index is 6.07. The number of ether oxygens (including phenoxy) is 1. The molecule has 118 valence electrons. The third kappa shape index (κ3) is 4.44. The molecule has 1 unspecified atom stereocenters. The molecule has 0 aliphatic heterocycles. The quantitative estimate of drug-likeness (QED) is 0.839. The Morgan fingerprint density at radius 1 is 1.33 bits per heavy atom. The molecule has 0 saturated heterocycles. The van der Waals surface area contributed by atoms with E-state index in [1.165, 1.54) is 37.7 Å². The van der Waals surface area contributed by atoms with Gasteiger partial charge in [0, 0.05) is 23.1 Å². The zero-order valence-electron chi connectivity index (χ0n) is 13.1. The van der Waals surface area contributed by atoms with Crippen LogP contribution >= 0.6 is 15.9 Å². The van der Waals surface area contributed by atoms with Gasteiger partial charge in [0.25, 0.3) is 0 Å². The van der Waals surface area contributed by atoms with Crippen molar-refractivity contribution in [2.24, 2.45) is 11.7 Å². The number of rotatable bonds is 6. The maximum Gasteiger partial charge on any atom is 0.123 e. The average molecular weight is 355 g/mol. The van der Waals surface area contributed by atoms with Crippen molar-refractivity contribution in [1.29, 1.82) is 0 Å². The van der Waals surface area contributed by atoms with Crippen molar-refractivity contribution in [3.63, 3.8) is 0 Å². The van der Waals surface area contributed by atoms with E-state index >= 15 is 0 Å². The summed E-state index contributed by atoms with van der Waals surface area (Å²) < 4.78 is 6.59. The average Bonchev–Trinajstić information content (AvgIpc) is 2.49. The van der Waals surface area contributed by atoms with Crippen LogP contribution in [0.5, 0.6) is 5.75 Å². The normalized spacial score (nSPS) is 18.0. The molecule has 1 fully saturated rings. The highest BCUT2D eigenvalue weighted by Crippen LogP contribution is 2.32. The van der Waals surface area contributed by atoms with Crippen molar-refractivity contribution < 1.29 is 4.74 Å². The first-order chi connectivity index (χ1) is 10.2. The predicted octanol–water partition coefficient (Wildman–Crippen LogP) is 3.97. The minimum Gasteiger partial charge on any atom is -0.496 e. The number of benzene rings is 1. The monoisotopic (exact) mass is 354 g/mol. The molecule has 0 radical (unpaired) electrons. The molecule has 2 rings (SSSR count). The molecule has 1 aliphatic carbocycles. The van der Waals surface area contributed by atoms with Crippen LogP contribution in [0, 0.1) is 5.92 Å². The van der Waals surface area contributed by atoms with Gasteiger partial charge in [-0.2, -0.15) is 0 Å². The summed E-state index contributed by atoms with van der Waals surface area (Å²) in [6.45, 7) is 1.73. The molecule has 4 heteroatoms. The van der Waals surface area contributed by atoms with E-state index in [9.17, 15) is 0 Å². The van der Waals surface area contributed by atoms with Crippen molar-refractivity contribution in [3.8, 4) is 5.75 Å². The molecule has 1 aromatic carbocycles. The molecule has 1 aliphatic rings. The van der Waals surface area contributed by atoms with Gasteiger partial charge in [-0.15, -0.1) is 0 Å². The van der Waals surface area contributed by atoms with Gasteiger partial charge in [-0.25, -0.2) is 0 Å². The Morgan fingerprint density at radius 2 is 2.05 bits per heavy atom. The van der Waals surface area contributed by atoms with Crippen LogP contribution in [0.25, 0.3) is 0 Å². The van der Waals surface area contributed by atoms with E-state index < -0.39 is 0 Å². The van der Waals surface area contributed by atoms with Crippen LogP contribution in [-0.2, 0) is 0 Å². The lowest BCUT2D eigenvalue weighted by Crippen LogP contribution is -2.35. The summed E-state index contributed by atoms with van der Waals surface area (Å²) >= 11 is 3.56. The SMILES string of the molecule is COc1ccc(Br)cc1C(CN)N(C)CC1CCCCC1. The number of halogens is 1. The smallest absolute Gasteiger partial charge is 0.123 e. The Labute approximate surface area is 137 Å². The Morgan fingerprint density at radius 3 is 2.67 bits per heavy atom. The van der Waals surface area contributed by atoms with Gasteiger partial charge in [0.2, 0.25) is 0 Å². The number of likely N-dealkylation sites (N-methyl/N-ethyl adjacent to an activating group) is 1.